The van der Waals surface area contributed by atoms with Crippen molar-refractivity contribution in [2.24, 2.45) is 0 Å². The molecule has 1 amide bonds. The molecule has 8 heteroatoms. The van der Waals surface area contributed by atoms with E-state index in [1.165, 1.54) is 5.56 Å². The van der Waals surface area contributed by atoms with Gasteiger partial charge in [-0.3, -0.25) is 4.79 Å². The van der Waals surface area contributed by atoms with E-state index in [9.17, 15) is 4.79 Å². The number of ether oxygens (including phenoxy) is 2. The van der Waals surface area contributed by atoms with Crippen LogP contribution >= 0.6 is 23.2 Å². The van der Waals surface area contributed by atoms with Crippen LogP contribution in [0.15, 0.2) is 54.6 Å². The zero-order chi connectivity index (χ0) is 24.9. The van der Waals surface area contributed by atoms with Gasteiger partial charge in [-0.1, -0.05) is 59.1 Å². The number of imidazole rings is 1. The predicted octanol–water partition coefficient (Wildman–Crippen LogP) is 5.62. The molecule has 4 aromatic rings. The molecule has 0 spiro atoms. The van der Waals surface area contributed by atoms with Crippen LogP contribution in [-0.2, 0) is 24.2 Å². The predicted molar refractivity (Wildman–Crippen MR) is 140 cm³/mol. The number of rotatable bonds is 9. The molecule has 0 saturated carbocycles. The Morgan fingerprint density at radius 3 is 2.49 bits per heavy atom. The molecule has 0 aliphatic rings. The van der Waals surface area contributed by atoms with Crippen molar-refractivity contribution in [3.8, 4) is 11.5 Å². The summed E-state index contributed by atoms with van der Waals surface area (Å²) in [5.74, 6) is 2.00. The third-order valence-electron chi connectivity index (χ3n) is 5.80. The minimum absolute atomic E-state index is 0.110. The Morgan fingerprint density at radius 2 is 1.74 bits per heavy atom. The number of hydrogen-bond donors (Lipinski definition) is 1. The molecule has 3 aromatic carbocycles. The van der Waals surface area contributed by atoms with E-state index in [0.29, 0.717) is 46.4 Å². The van der Waals surface area contributed by atoms with E-state index in [0.717, 1.165) is 22.5 Å². The molecule has 1 heterocycles. The zero-order valence-corrected chi connectivity index (χ0v) is 21.4. The van der Waals surface area contributed by atoms with Gasteiger partial charge in [0, 0.05) is 13.0 Å². The molecule has 6 nitrogen and oxygen atoms in total. The van der Waals surface area contributed by atoms with Crippen molar-refractivity contribution in [2.45, 2.75) is 26.3 Å². The highest BCUT2D eigenvalue weighted by Crippen LogP contribution is 2.29. The lowest BCUT2D eigenvalue weighted by molar-refractivity contribution is -0.121. The minimum atomic E-state index is -0.110. The first-order valence-corrected chi connectivity index (χ1v) is 12.0. The maximum atomic E-state index is 12.9. The largest absolute Gasteiger partial charge is 0.493 e. The standard InChI is InChI=1S/C27H27Cl2N3O3/c1-17-5-4-6-19(11-17)13-26-31-22-14-20(28)21(29)15-23(22)32(26)16-27(33)30-10-9-18-7-8-24(34-2)25(12-18)35-3/h4-8,11-12,14-15H,9-10,13,16H2,1-3H3,(H,30,33). The van der Waals surface area contributed by atoms with Gasteiger partial charge in [0.25, 0.3) is 0 Å². The van der Waals surface area contributed by atoms with Gasteiger partial charge in [-0.25, -0.2) is 4.98 Å². The first-order valence-electron chi connectivity index (χ1n) is 11.2. The summed E-state index contributed by atoms with van der Waals surface area (Å²) in [6.07, 6.45) is 1.25. The Kier molecular flexibility index (Phi) is 7.83. The Bertz CT molecular complexity index is 1370. The zero-order valence-electron chi connectivity index (χ0n) is 19.9. The van der Waals surface area contributed by atoms with Crippen LogP contribution in [0.4, 0.5) is 0 Å². The van der Waals surface area contributed by atoms with Crippen LogP contribution in [-0.4, -0.2) is 36.2 Å². The number of carbonyl (C=O) groups excluding carboxylic acids is 1. The van der Waals surface area contributed by atoms with E-state index in [-0.39, 0.29) is 12.5 Å². The SMILES string of the molecule is COc1ccc(CCNC(=O)Cn2c(Cc3cccc(C)c3)nc3cc(Cl)c(Cl)cc32)cc1OC. The molecular weight excluding hydrogens is 485 g/mol. The Labute approximate surface area is 214 Å². The van der Waals surface area contributed by atoms with Crippen molar-refractivity contribution in [2.75, 3.05) is 20.8 Å². The molecule has 0 aliphatic carbocycles. The summed E-state index contributed by atoms with van der Waals surface area (Å²) in [5.41, 5.74) is 4.81. The maximum Gasteiger partial charge on any atom is 0.240 e. The normalized spacial score (nSPS) is 11.0. The second kappa shape index (κ2) is 11.0. The molecule has 0 radical (unpaired) electrons. The van der Waals surface area contributed by atoms with Gasteiger partial charge in [0.2, 0.25) is 5.91 Å². The van der Waals surface area contributed by atoms with Crippen LogP contribution in [0.25, 0.3) is 11.0 Å². The lowest BCUT2D eigenvalue weighted by Crippen LogP contribution is -2.30. The third-order valence-corrected chi connectivity index (χ3v) is 6.52. The number of aryl methyl sites for hydroxylation is 1. The summed E-state index contributed by atoms with van der Waals surface area (Å²) in [4.78, 5) is 17.7. The van der Waals surface area contributed by atoms with Crippen LogP contribution in [0.5, 0.6) is 11.5 Å². The summed E-state index contributed by atoms with van der Waals surface area (Å²) in [7, 11) is 3.21. The summed E-state index contributed by atoms with van der Waals surface area (Å²) in [6, 6.07) is 17.5. The Morgan fingerprint density at radius 1 is 0.971 bits per heavy atom. The molecule has 0 bridgehead atoms. The molecule has 1 N–H and O–H groups in total. The number of benzene rings is 3. The van der Waals surface area contributed by atoms with E-state index in [2.05, 4.69) is 30.4 Å². The average Bonchev–Trinajstić information content (AvgIpc) is 3.14. The smallest absolute Gasteiger partial charge is 0.240 e. The van der Waals surface area contributed by atoms with E-state index in [1.807, 2.05) is 28.8 Å². The van der Waals surface area contributed by atoms with Gasteiger partial charge in [-0.15, -0.1) is 0 Å². The summed E-state index contributed by atoms with van der Waals surface area (Å²) < 4.78 is 12.6. The van der Waals surface area contributed by atoms with Crippen molar-refractivity contribution in [3.05, 3.63) is 87.2 Å². The fourth-order valence-corrected chi connectivity index (χ4v) is 4.38. The van der Waals surface area contributed by atoms with Crippen molar-refractivity contribution < 1.29 is 14.3 Å². The fourth-order valence-electron chi connectivity index (χ4n) is 4.07. The van der Waals surface area contributed by atoms with Crippen LogP contribution in [0.2, 0.25) is 10.0 Å². The molecule has 0 fully saturated rings. The molecule has 0 aliphatic heterocycles. The topological polar surface area (TPSA) is 65.4 Å². The van der Waals surface area contributed by atoms with Crippen LogP contribution < -0.4 is 14.8 Å². The van der Waals surface area contributed by atoms with Crippen molar-refractivity contribution in [1.82, 2.24) is 14.9 Å². The highest BCUT2D eigenvalue weighted by atomic mass is 35.5. The Balaban J connectivity index is 1.51. The van der Waals surface area contributed by atoms with Gasteiger partial charge in [0.1, 0.15) is 12.4 Å². The van der Waals surface area contributed by atoms with Crippen LogP contribution in [0.3, 0.4) is 0 Å². The number of fused-ring (bicyclic) bond motifs is 1. The number of halogens is 2. The van der Waals surface area contributed by atoms with Crippen molar-refractivity contribution in [3.63, 3.8) is 0 Å². The number of hydrogen-bond acceptors (Lipinski definition) is 4. The lowest BCUT2D eigenvalue weighted by atomic mass is 10.1. The number of aromatic nitrogens is 2. The molecule has 182 valence electrons. The Hall–Kier alpha value is -3.22. The quantitative estimate of drug-likeness (QED) is 0.316. The van der Waals surface area contributed by atoms with E-state index in [4.69, 9.17) is 37.7 Å². The highest BCUT2D eigenvalue weighted by molar-refractivity contribution is 6.42. The van der Waals surface area contributed by atoms with Crippen LogP contribution in [0, 0.1) is 6.92 Å². The van der Waals surface area contributed by atoms with Gasteiger partial charge in [-0.05, 0) is 48.7 Å². The molecule has 0 unspecified atom stereocenters. The van der Waals surface area contributed by atoms with Crippen LogP contribution in [0.1, 0.15) is 22.5 Å². The molecule has 35 heavy (non-hydrogen) atoms. The summed E-state index contributed by atoms with van der Waals surface area (Å²) in [6.45, 7) is 2.67. The number of amides is 1. The minimum Gasteiger partial charge on any atom is -0.493 e. The monoisotopic (exact) mass is 511 g/mol. The van der Waals surface area contributed by atoms with E-state index >= 15 is 0 Å². The third kappa shape index (κ3) is 5.89. The van der Waals surface area contributed by atoms with Gasteiger partial charge < -0.3 is 19.4 Å². The average molecular weight is 512 g/mol. The summed E-state index contributed by atoms with van der Waals surface area (Å²) in [5, 5.41) is 3.87. The van der Waals surface area contributed by atoms with Crippen molar-refractivity contribution in [1.29, 1.82) is 0 Å². The lowest BCUT2D eigenvalue weighted by Gasteiger charge is -2.12. The van der Waals surface area contributed by atoms with Gasteiger partial charge in [0.15, 0.2) is 11.5 Å². The first kappa shape index (κ1) is 24.9. The fraction of sp³-hybridized carbons (Fsp3) is 0.259. The second-order valence-corrected chi connectivity index (χ2v) is 9.14. The van der Waals surface area contributed by atoms with Crippen molar-refractivity contribution >= 4 is 40.1 Å². The number of methoxy groups -OCH3 is 2. The maximum absolute atomic E-state index is 12.9. The molecule has 0 saturated heterocycles. The molecular formula is C27H27Cl2N3O3. The second-order valence-electron chi connectivity index (χ2n) is 8.32. The van der Waals surface area contributed by atoms with Gasteiger partial charge in [0.05, 0.1) is 35.3 Å². The van der Waals surface area contributed by atoms with E-state index in [1.54, 1.807) is 26.4 Å². The van der Waals surface area contributed by atoms with Gasteiger partial charge >= 0.3 is 0 Å². The van der Waals surface area contributed by atoms with Gasteiger partial charge in [-0.2, -0.15) is 0 Å². The summed E-state index contributed by atoms with van der Waals surface area (Å²) >= 11 is 12.5. The number of carbonyl (C=O) groups is 1. The molecule has 1 aromatic heterocycles. The molecule has 0 atom stereocenters. The van der Waals surface area contributed by atoms with E-state index < -0.39 is 0 Å². The number of nitrogens with zero attached hydrogens (tertiary/aromatic N) is 2. The number of nitrogens with one attached hydrogen (secondary N) is 1. The molecule has 4 rings (SSSR count). The highest BCUT2D eigenvalue weighted by Gasteiger charge is 2.16. The first-order chi connectivity index (χ1) is 16.9.